The van der Waals surface area contributed by atoms with Crippen LogP contribution in [0.2, 0.25) is 0 Å². The molecule has 1 aromatic carbocycles. The number of urea groups is 1. The minimum atomic E-state index is -0.0350. The first-order chi connectivity index (χ1) is 9.08. The van der Waals surface area contributed by atoms with E-state index in [0.717, 1.165) is 17.9 Å². The number of hydrogen-bond donors (Lipinski definition) is 1. The molecule has 0 saturated carbocycles. The molecule has 0 aromatic heterocycles. The van der Waals surface area contributed by atoms with Crippen molar-refractivity contribution in [1.29, 1.82) is 0 Å². The fraction of sp³-hybridized carbons (Fsp3) is 0.429. The van der Waals surface area contributed by atoms with Gasteiger partial charge in [-0.1, -0.05) is 0 Å². The summed E-state index contributed by atoms with van der Waals surface area (Å²) < 4.78 is 5.65. The summed E-state index contributed by atoms with van der Waals surface area (Å²) in [5.74, 6) is 0.799. The Morgan fingerprint density at radius 2 is 2.26 bits per heavy atom. The van der Waals surface area contributed by atoms with Gasteiger partial charge < -0.3 is 15.0 Å². The standard InChI is InChI=1S/C14H18N2O3/c1-10-9-12(11(2)17)3-4-13(10)19-8-7-16-6-5-15-14(16)18/h3-4,9H,5-8H2,1-2H3,(H,15,18). The molecule has 102 valence electrons. The summed E-state index contributed by atoms with van der Waals surface area (Å²) in [4.78, 5) is 24.3. The first-order valence-corrected chi connectivity index (χ1v) is 6.35. The molecule has 19 heavy (non-hydrogen) atoms. The van der Waals surface area contributed by atoms with Crippen molar-refractivity contribution in [3.8, 4) is 5.75 Å². The molecule has 1 N–H and O–H groups in total. The number of carbonyl (C=O) groups is 2. The van der Waals surface area contributed by atoms with Crippen molar-refractivity contribution in [3.05, 3.63) is 29.3 Å². The number of ether oxygens (including phenoxy) is 1. The van der Waals surface area contributed by atoms with Crippen LogP contribution in [0.25, 0.3) is 0 Å². The largest absolute Gasteiger partial charge is 0.491 e. The third-order valence-corrected chi connectivity index (χ3v) is 3.15. The van der Waals surface area contributed by atoms with Gasteiger partial charge in [-0.25, -0.2) is 4.79 Å². The number of nitrogens with zero attached hydrogens (tertiary/aromatic N) is 1. The molecular formula is C14H18N2O3. The van der Waals surface area contributed by atoms with Crippen molar-refractivity contribution in [2.75, 3.05) is 26.2 Å². The first kappa shape index (κ1) is 13.4. The monoisotopic (exact) mass is 262 g/mol. The van der Waals surface area contributed by atoms with Crippen LogP contribution in [0.3, 0.4) is 0 Å². The van der Waals surface area contributed by atoms with Crippen LogP contribution in [0.5, 0.6) is 5.75 Å². The van der Waals surface area contributed by atoms with E-state index >= 15 is 0 Å². The van der Waals surface area contributed by atoms with Gasteiger partial charge in [-0.3, -0.25) is 4.79 Å². The van der Waals surface area contributed by atoms with Gasteiger partial charge >= 0.3 is 6.03 Å². The molecule has 1 aliphatic rings. The fourth-order valence-electron chi connectivity index (χ4n) is 2.02. The molecule has 0 atom stereocenters. The molecule has 0 radical (unpaired) electrons. The molecule has 1 heterocycles. The third kappa shape index (κ3) is 3.24. The van der Waals surface area contributed by atoms with Gasteiger partial charge in [0.05, 0.1) is 6.54 Å². The van der Waals surface area contributed by atoms with Gasteiger partial charge in [0.25, 0.3) is 0 Å². The van der Waals surface area contributed by atoms with Crippen LogP contribution in [0, 0.1) is 6.92 Å². The molecule has 1 saturated heterocycles. The van der Waals surface area contributed by atoms with Crippen molar-refractivity contribution in [2.24, 2.45) is 0 Å². The van der Waals surface area contributed by atoms with Gasteiger partial charge in [0.15, 0.2) is 5.78 Å². The summed E-state index contributed by atoms with van der Waals surface area (Å²) in [6.45, 7) is 5.90. The third-order valence-electron chi connectivity index (χ3n) is 3.15. The summed E-state index contributed by atoms with van der Waals surface area (Å²) in [6.07, 6.45) is 0. The number of amides is 2. The Hall–Kier alpha value is -2.04. The maximum atomic E-state index is 11.3. The number of nitrogens with one attached hydrogen (secondary N) is 1. The molecule has 5 nitrogen and oxygen atoms in total. The van der Waals surface area contributed by atoms with Gasteiger partial charge in [0.2, 0.25) is 0 Å². The molecule has 2 rings (SSSR count). The van der Waals surface area contributed by atoms with Crippen molar-refractivity contribution < 1.29 is 14.3 Å². The minimum Gasteiger partial charge on any atom is -0.491 e. The topological polar surface area (TPSA) is 58.6 Å². The number of benzene rings is 1. The summed E-state index contributed by atoms with van der Waals surface area (Å²) >= 11 is 0. The van der Waals surface area contributed by atoms with E-state index in [-0.39, 0.29) is 11.8 Å². The van der Waals surface area contributed by atoms with Crippen LogP contribution in [0.1, 0.15) is 22.8 Å². The molecule has 1 fully saturated rings. The first-order valence-electron chi connectivity index (χ1n) is 6.35. The smallest absolute Gasteiger partial charge is 0.317 e. The van der Waals surface area contributed by atoms with Gasteiger partial charge in [-0.05, 0) is 37.6 Å². The fourth-order valence-corrected chi connectivity index (χ4v) is 2.02. The highest BCUT2D eigenvalue weighted by Gasteiger charge is 2.18. The van der Waals surface area contributed by atoms with E-state index in [1.165, 1.54) is 0 Å². The second-order valence-corrected chi connectivity index (χ2v) is 4.60. The van der Waals surface area contributed by atoms with E-state index in [1.807, 2.05) is 13.0 Å². The number of aryl methyl sites for hydroxylation is 1. The summed E-state index contributed by atoms with van der Waals surface area (Å²) in [5, 5.41) is 2.74. The Morgan fingerprint density at radius 3 is 2.84 bits per heavy atom. The zero-order chi connectivity index (χ0) is 13.8. The highest BCUT2D eigenvalue weighted by atomic mass is 16.5. The maximum Gasteiger partial charge on any atom is 0.317 e. The summed E-state index contributed by atoms with van der Waals surface area (Å²) in [6, 6.07) is 5.34. The zero-order valence-corrected chi connectivity index (χ0v) is 11.2. The minimum absolute atomic E-state index is 0.0350. The van der Waals surface area contributed by atoms with E-state index in [0.29, 0.717) is 25.3 Å². The van der Waals surface area contributed by atoms with Crippen LogP contribution in [0.4, 0.5) is 4.79 Å². The SMILES string of the molecule is CC(=O)c1ccc(OCCN2CCNC2=O)c(C)c1. The summed E-state index contributed by atoms with van der Waals surface area (Å²) in [7, 11) is 0. The van der Waals surface area contributed by atoms with E-state index in [4.69, 9.17) is 4.74 Å². The van der Waals surface area contributed by atoms with E-state index < -0.39 is 0 Å². The highest BCUT2D eigenvalue weighted by molar-refractivity contribution is 5.94. The van der Waals surface area contributed by atoms with Crippen molar-refractivity contribution >= 4 is 11.8 Å². The predicted molar refractivity (Wildman–Crippen MR) is 71.7 cm³/mol. The van der Waals surface area contributed by atoms with Crippen LogP contribution in [-0.2, 0) is 0 Å². The van der Waals surface area contributed by atoms with Gasteiger partial charge in [0, 0.05) is 18.7 Å². The molecule has 0 spiro atoms. The molecule has 2 amide bonds. The number of rotatable bonds is 5. The Kier molecular flexibility index (Phi) is 4.04. The van der Waals surface area contributed by atoms with Crippen LogP contribution in [0.15, 0.2) is 18.2 Å². The Morgan fingerprint density at radius 1 is 1.47 bits per heavy atom. The van der Waals surface area contributed by atoms with Crippen LogP contribution in [-0.4, -0.2) is 43.0 Å². The highest BCUT2D eigenvalue weighted by Crippen LogP contribution is 2.19. The Labute approximate surface area is 112 Å². The number of Topliss-reactive ketones (excluding diaryl/α,β-unsaturated/α-hetero) is 1. The van der Waals surface area contributed by atoms with Crippen LogP contribution >= 0.6 is 0 Å². The zero-order valence-electron chi connectivity index (χ0n) is 11.2. The van der Waals surface area contributed by atoms with E-state index in [2.05, 4.69) is 5.32 Å². The molecule has 1 aromatic rings. The molecule has 5 heteroatoms. The number of hydrogen-bond acceptors (Lipinski definition) is 3. The lowest BCUT2D eigenvalue weighted by Gasteiger charge is -2.15. The number of carbonyl (C=O) groups excluding carboxylic acids is 2. The lowest BCUT2D eigenvalue weighted by molar-refractivity contribution is 0.101. The maximum absolute atomic E-state index is 11.3. The van der Waals surface area contributed by atoms with Gasteiger partial charge in [-0.15, -0.1) is 0 Å². The van der Waals surface area contributed by atoms with Crippen molar-refractivity contribution in [2.45, 2.75) is 13.8 Å². The predicted octanol–water partition coefficient (Wildman–Crippen LogP) is 1.60. The molecule has 0 aliphatic carbocycles. The molecule has 1 aliphatic heterocycles. The summed E-state index contributed by atoms with van der Waals surface area (Å²) in [5.41, 5.74) is 1.61. The quantitative estimate of drug-likeness (QED) is 0.820. The second kappa shape index (κ2) is 5.73. The molecule has 0 unspecified atom stereocenters. The van der Waals surface area contributed by atoms with E-state index in [9.17, 15) is 9.59 Å². The van der Waals surface area contributed by atoms with Crippen molar-refractivity contribution in [1.82, 2.24) is 10.2 Å². The normalized spacial score (nSPS) is 14.4. The van der Waals surface area contributed by atoms with Crippen molar-refractivity contribution in [3.63, 3.8) is 0 Å². The van der Waals surface area contributed by atoms with Gasteiger partial charge in [0.1, 0.15) is 12.4 Å². The Bertz CT molecular complexity index is 499. The molecule has 0 bridgehead atoms. The average molecular weight is 262 g/mol. The van der Waals surface area contributed by atoms with Gasteiger partial charge in [-0.2, -0.15) is 0 Å². The lowest BCUT2D eigenvalue weighted by Crippen LogP contribution is -2.31. The lowest BCUT2D eigenvalue weighted by atomic mass is 10.1. The van der Waals surface area contributed by atoms with E-state index in [1.54, 1.807) is 24.0 Å². The average Bonchev–Trinajstić information content (AvgIpc) is 2.77. The van der Waals surface area contributed by atoms with Crippen LogP contribution < -0.4 is 10.1 Å². The number of ketones is 1. The Balaban J connectivity index is 1.89. The molecular weight excluding hydrogens is 244 g/mol. The second-order valence-electron chi connectivity index (χ2n) is 4.60.